The summed E-state index contributed by atoms with van der Waals surface area (Å²) in [6.07, 6.45) is -3.19. The molecule has 1 aliphatic rings. The molecule has 0 fully saturated rings. The Morgan fingerprint density at radius 1 is 1.21 bits per heavy atom. The van der Waals surface area contributed by atoms with Crippen LogP contribution in [0.4, 0.5) is 17.6 Å². The van der Waals surface area contributed by atoms with Crippen LogP contribution in [0, 0.1) is 5.82 Å². The highest BCUT2D eigenvalue weighted by atomic mass is 32.2. The molecular weight excluding hydrogens is 396 g/mol. The molecule has 2 heterocycles. The lowest BCUT2D eigenvalue weighted by atomic mass is 9.82. The molecule has 2 atom stereocenters. The van der Waals surface area contributed by atoms with Gasteiger partial charge in [-0.1, -0.05) is 6.07 Å². The Bertz CT molecular complexity index is 870. The van der Waals surface area contributed by atoms with Gasteiger partial charge in [0.25, 0.3) is 0 Å². The first-order valence-electron chi connectivity index (χ1n) is 8.60. The summed E-state index contributed by atoms with van der Waals surface area (Å²) in [5.74, 6) is -0.985. The van der Waals surface area contributed by atoms with E-state index >= 15 is 0 Å². The molecule has 1 aromatic heterocycles. The van der Waals surface area contributed by atoms with E-state index in [9.17, 15) is 22.1 Å². The zero-order chi connectivity index (χ0) is 20.7. The van der Waals surface area contributed by atoms with Crippen LogP contribution in [0.25, 0.3) is 0 Å². The van der Waals surface area contributed by atoms with Crippen LogP contribution in [0.3, 0.4) is 0 Å². The van der Waals surface area contributed by atoms with Gasteiger partial charge in [-0.25, -0.2) is 4.39 Å². The minimum atomic E-state index is -4.86. The second-order valence-corrected chi connectivity index (χ2v) is 9.50. The van der Waals surface area contributed by atoms with Crippen LogP contribution < -0.4 is 9.46 Å². The Morgan fingerprint density at radius 3 is 2.57 bits per heavy atom. The van der Waals surface area contributed by atoms with Crippen molar-refractivity contribution in [2.75, 3.05) is 6.61 Å². The van der Waals surface area contributed by atoms with E-state index in [4.69, 9.17) is 4.74 Å². The highest BCUT2D eigenvalue weighted by Gasteiger charge is 2.48. The number of hydrogen-bond donors (Lipinski definition) is 1. The molecule has 3 rings (SSSR count). The predicted octanol–water partition coefficient (Wildman–Crippen LogP) is 4.32. The molecule has 1 aromatic carbocycles. The van der Waals surface area contributed by atoms with Crippen LogP contribution in [-0.2, 0) is 23.1 Å². The molecule has 0 saturated heterocycles. The van der Waals surface area contributed by atoms with Gasteiger partial charge in [-0.3, -0.25) is 4.98 Å². The highest BCUT2D eigenvalue weighted by molar-refractivity contribution is 7.90. The smallest absolute Gasteiger partial charge is 0.419 e. The summed E-state index contributed by atoms with van der Waals surface area (Å²) < 4.78 is 74.6. The molecule has 1 aliphatic heterocycles. The van der Waals surface area contributed by atoms with Crippen LogP contribution in [0.2, 0.25) is 0 Å². The number of halogens is 4. The number of nitrogens with zero attached hydrogens (tertiary/aromatic N) is 1. The molecule has 0 aliphatic carbocycles. The number of rotatable bonds is 3. The van der Waals surface area contributed by atoms with E-state index in [-0.39, 0.29) is 18.6 Å². The summed E-state index contributed by atoms with van der Waals surface area (Å²) in [7, 11) is 0. The van der Waals surface area contributed by atoms with Crippen molar-refractivity contribution in [3.05, 3.63) is 59.2 Å². The Balaban J connectivity index is 2.22. The number of ether oxygens (including phenoxy) is 1. The van der Waals surface area contributed by atoms with Crippen molar-refractivity contribution in [1.29, 1.82) is 0 Å². The summed E-state index contributed by atoms with van der Waals surface area (Å²) in [5.41, 5.74) is -2.25. The highest BCUT2D eigenvalue weighted by Crippen LogP contribution is 2.43. The second-order valence-electron chi connectivity index (χ2n) is 7.53. The summed E-state index contributed by atoms with van der Waals surface area (Å²) in [5, 5.41) is 0. The van der Waals surface area contributed by atoms with Gasteiger partial charge in [-0.2, -0.15) is 13.2 Å². The third-order valence-electron chi connectivity index (χ3n) is 4.50. The Kier molecular flexibility index (Phi) is 5.37. The van der Waals surface area contributed by atoms with Gasteiger partial charge in [0.05, 0.1) is 12.2 Å². The standard InChI is InChI=1S/C19H20F4N2O2S/c1-17(2,3)28(26)25-18(8-10-27-15-5-4-9-24-16(15)18)12-6-7-14(20)13(11-12)19(21,22)23/h4-7,9,11,25H,8,10H2,1-3H3. The Morgan fingerprint density at radius 2 is 1.93 bits per heavy atom. The Labute approximate surface area is 163 Å². The molecule has 4 nitrogen and oxygen atoms in total. The lowest BCUT2D eigenvalue weighted by Gasteiger charge is -2.40. The molecule has 9 heteroatoms. The van der Waals surface area contributed by atoms with Gasteiger partial charge < -0.3 is 9.29 Å². The lowest BCUT2D eigenvalue weighted by molar-refractivity contribution is -0.140. The number of alkyl halides is 3. The number of pyridine rings is 1. The van der Waals surface area contributed by atoms with Crippen molar-refractivity contribution in [3.8, 4) is 5.75 Å². The van der Waals surface area contributed by atoms with Gasteiger partial charge in [0.2, 0.25) is 0 Å². The lowest BCUT2D eigenvalue weighted by Crippen LogP contribution is -2.54. The van der Waals surface area contributed by atoms with Crippen LogP contribution in [0.5, 0.6) is 5.75 Å². The molecule has 0 bridgehead atoms. The van der Waals surface area contributed by atoms with Gasteiger partial charge in [0.1, 0.15) is 27.5 Å². The van der Waals surface area contributed by atoms with Gasteiger partial charge >= 0.3 is 6.18 Å². The van der Waals surface area contributed by atoms with Gasteiger partial charge in [0, 0.05) is 24.0 Å². The van der Waals surface area contributed by atoms with E-state index < -0.39 is 39.2 Å². The number of aromatic nitrogens is 1. The summed E-state index contributed by atoms with van der Waals surface area (Å²) in [6, 6.07) is 6.08. The topological polar surface area (TPSA) is 57.2 Å². The minimum absolute atomic E-state index is 0.127. The number of hydrogen-bond acceptors (Lipinski definition) is 4. The number of benzene rings is 1. The maximum absolute atomic E-state index is 13.9. The first kappa shape index (κ1) is 20.9. The maximum atomic E-state index is 13.9. The normalized spacial score (nSPS) is 21.0. The first-order chi connectivity index (χ1) is 12.9. The largest absolute Gasteiger partial charge is 0.598 e. The molecule has 2 aromatic rings. The van der Waals surface area contributed by atoms with E-state index in [2.05, 4.69) is 9.71 Å². The monoisotopic (exact) mass is 416 g/mol. The van der Waals surface area contributed by atoms with E-state index in [0.29, 0.717) is 11.4 Å². The Hall–Kier alpha value is -1.84. The third kappa shape index (κ3) is 3.83. The van der Waals surface area contributed by atoms with Crippen molar-refractivity contribution >= 4 is 11.4 Å². The fourth-order valence-corrected chi connectivity index (χ4v) is 3.96. The van der Waals surface area contributed by atoms with Crippen molar-refractivity contribution in [2.45, 2.75) is 43.7 Å². The van der Waals surface area contributed by atoms with Gasteiger partial charge in [-0.05, 0) is 50.6 Å². The quantitative estimate of drug-likeness (QED) is 0.598. The predicted molar refractivity (Wildman–Crippen MR) is 97.6 cm³/mol. The van der Waals surface area contributed by atoms with Crippen LogP contribution >= 0.6 is 0 Å². The van der Waals surface area contributed by atoms with E-state index in [1.54, 1.807) is 32.9 Å². The fourth-order valence-electron chi connectivity index (χ4n) is 3.02. The summed E-state index contributed by atoms with van der Waals surface area (Å²) in [6.45, 7) is 5.41. The SMILES string of the molecule is CC(C)(C)[S+]([O-])NC1(c2ccc(F)c(C(F)(F)F)c2)CCOc2cccnc21. The molecule has 0 amide bonds. The molecule has 0 spiro atoms. The molecule has 1 N–H and O–H groups in total. The van der Waals surface area contributed by atoms with Gasteiger partial charge in [-0.15, -0.1) is 4.72 Å². The average Bonchev–Trinajstić information content (AvgIpc) is 2.60. The van der Waals surface area contributed by atoms with E-state index in [1.807, 2.05) is 0 Å². The molecule has 152 valence electrons. The summed E-state index contributed by atoms with van der Waals surface area (Å²) in [4.78, 5) is 4.30. The van der Waals surface area contributed by atoms with Gasteiger partial charge in [0.15, 0.2) is 0 Å². The number of nitrogens with one attached hydrogen (secondary N) is 1. The fraction of sp³-hybridized carbons (Fsp3) is 0.421. The molecule has 0 radical (unpaired) electrons. The second kappa shape index (κ2) is 7.20. The van der Waals surface area contributed by atoms with Crippen molar-refractivity contribution in [1.82, 2.24) is 9.71 Å². The average molecular weight is 416 g/mol. The van der Waals surface area contributed by atoms with Crippen LogP contribution in [-0.4, -0.2) is 20.9 Å². The summed E-state index contributed by atoms with van der Waals surface area (Å²) >= 11 is -1.64. The van der Waals surface area contributed by atoms with Crippen molar-refractivity contribution < 1.29 is 26.9 Å². The van der Waals surface area contributed by atoms with Crippen molar-refractivity contribution in [2.24, 2.45) is 0 Å². The molecule has 28 heavy (non-hydrogen) atoms. The van der Waals surface area contributed by atoms with E-state index in [0.717, 1.165) is 12.1 Å². The van der Waals surface area contributed by atoms with E-state index in [1.165, 1.54) is 12.3 Å². The van der Waals surface area contributed by atoms with Crippen LogP contribution in [0.1, 0.15) is 44.0 Å². The third-order valence-corrected chi connectivity index (χ3v) is 6.14. The zero-order valence-electron chi connectivity index (χ0n) is 15.6. The molecule has 2 unspecified atom stereocenters. The molecular formula is C19H20F4N2O2S. The zero-order valence-corrected chi connectivity index (χ0v) is 16.4. The maximum Gasteiger partial charge on any atom is 0.419 e. The van der Waals surface area contributed by atoms with Crippen LogP contribution in [0.15, 0.2) is 36.5 Å². The first-order valence-corrected chi connectivity index (χ1v) is 9.75. The molecule has 0 saturated carbocycles. The number of fused-ring (bicyclic) bond motifs is 1. The minimum Gasteiger partial charge on any atom is -0.598 e. The van der Waals surface area contributed by atoms with Crippen molar-refractivity contribution in [3.63, 3.8) is 0 Å².